The third-order valence-electron chi connectivity index (χ3n) is 3.01. The molecule has 128 valence electrons. The van der Waals surface area contributed by atoms with Gasteiger partial charge in [-0.1, -0.05) is 25.1 Å². The zero-order valence-corrected chi connectivity index (χ0v) is 14.3. The van der Waals surface area contributed by atoms with Gasteiger partial charge < -0.3 is 20.7 Å². The molecule has 3 N–H and O–H groups in total. The molecule has 0 fully saturated rings. The van der Waals surface area contributed by atoms with Crippen LogP contribution in [0.1, 0.15) is 32.8 Å². The van der Waals surface area contributed by atoms with Crippen LogP contribution in [0.2, 0.25) is 0 Å². The van der Waals surface area contributed by atoms with Gasteiger partial charge in [0.15, 0.2) is 5.96 Å². The van der Waals surface area contributed by atoms with E-state index in [0.29, 0.717) is 25.7 Å². The number of amides is 1. The van der Waals surface area contributed by atoms with Gasteiger partial charge in [0.1, 0.15) is 5.75 Å². The topological polar surface area (TPSA) is 74.8 Å². The Morgan fingerprint density at radius 1 is 1.13 bits per heavy atom. The van der Waals surface area contributed by atoms with Gasteiger partial charge in [0.05, 0.1) is 19.7 Å². The molecule has 0 aromatic heterocycles. The predicted octanol–water partition coefficient (Wildman–Crippen LogP) is 1.67. The summed E-state index contributed by atoms with van der Waals surface area (Å²) in [6, 6.07) is 7.84. The average Bonchev–Trinajstić information content (AvgIpc) is 2.57. The largest absolute Gasteiger partial charge is 0.494 e. The monoisotopic (exact) mass is 320 g/mol. The summed E-state index contributed by atoms with van der Waals surface area (Å²) in [7, 11) is 0. The molecule has 1 amide bonds. The van der Waals surface area contributed by atoms with Crippen molar-refractivity contribution in [2.45, 2.75) is 33.7 Å². The molecule has 0 aliphatic rings. The van der Waals surface area contributed by atoms with Crippen molar-refractivity contribution in [2.24, 2.45) is 4.99 Å². The first-order valence-electron chi connectivity index (χ1n) is 8.20. The quantitative estimate of drug-likeness (QED) is 0.478. The van der Waals surface area contributed by atoms with Crippen LogP contribution in [0.5, 0.6) is 5.75 Å². The van der Waals surface area contributed by atoms with Gasteiger partial charge in [0, 0.05) is 18.7 Å². The van der Waals surface area contributed by atoms with Crippen molar-refractivity contribution in [2.75, 3.05) is 26.2 Å². The predicted molar refractivity (Wildman–Crippen MR) is 93.7 cm³/mol. The van der Waals surface area contributed by atoms with Crippen LogP contribution in [-0.4, -0.2) is 38.1 Å². The smallest absolute Gasteiger partial charge is 0.239 e. The van der Waals surface area contributed by atoms with Crippen molar-refractivity contribution in [3.63, 3.8) is 0 Å². The Morgan fingerprint density at radius 2 is 1.91 bits per heavy atom. The number of hydrogen-bond donors (Lipinski definition) is 3. The lowest BCUT2D eigenvalue weighted by Gasteiger charge is -2.12. The molecule has 0 heterocycles. The highest BCUT2D eigenvalue weighted by Crippen LogP contribution is 2.18. The van der Waals surface area contributed by atoms with E-state index in [-0.39, 0.29) is 12.5 Å². The standard InChI is InChI=1S/C17H28N4O2/c1-4-11-19-16(22)13-21-17(18-5-2)20-12-14-9-7-8-10-15(14)23-6-3/h7-10H,4-6,11-13H2,1-3H3,(H,19,22)(H2,18,20,21). The molecule has 0 spiro atoms. The second kappa shape index (κ2) is 11.3. The summed E-state index contributed by atoms with van der Waals surface area (Å²) in [6.45, 7) is 8.71. The third-order valence-corrected chi connectivity index (χ3v) is 3.01. The molecule has 0 atom stereocenters. The summed E-state index contributed by atoms with van der Waals surface area (Å²) in [6.07, 6.45) is 0.925. The molecule has 23 heavy (non-hydrogen) atoms. The molecule has 1 aromatic carbocycles. The number of guanidine groups is 1. The number of rotatable bonds is 9. The first-order chi connectivity index (χ1) is 11.2. The van der Waals surface area contributed by atoms with Crippen LogP contribution in [0.25, 0.3) is 0 Å². The van der Waals surface area contributed by atoms with Gasteiger partial charge in [-0.25, -0.2) is 4.99 Å². The van der Waals surface area contributed by atoms with Crippen LogP contribution in [0.15, 0.2) is 29.3 Å². The Balaban J connectivity index is 2.62. The van der Waals surface area contributed by atoms with E-state index in [1.165, 1.54) is 0 Å². The maximum absolute atomic E-state index is 11.6. The van der Waals surface area contributed by atoms with Gasteiger partial charge in [0.25, 0.3) is 0 Å². The summed E-state index contributed by atoms with van der Waals surface area (Å²) in [5.74, 6) is 1.42. The summed E-state index contributed by atoms with van der Waals surface area (Å²) in [5.41, 5.74) is 1.02. The second-order valence-electron chi connectivity index (χ2n) is 4.94. The molecule has 0 radical (unpaired) electrons. The third kappa shape index (κ3) is 7.54. The lowest BCUT2D eigenvalue weighted by Crippen LogP contribution is -2.43. The SMILES string of the molecule is CCCNC(=O)CNC(=NCc1ccccc1OCC)NCC. The van der Waals surface area contributed by atoms with E-state index in [1.807, 2.05) is 45.0 Å². The molecule has 1 rings (SSSR count). The number of carbonyl (C=O) groups excluding carboxylic acids is 1. The van der Waals surface area contributed by atoms with Gasteiger partial charge in [-0.15, -0.1) is 0 Å². The van der Waals surface area contributed by atoms with E-state index in [1.54, 1.807) is 0 Å². The molecule has 0 saturated heterocycles. The minimum absolute atomic E-state index is 0.0350. The molecular formula is C17H28N4O2. The van der Waals surface area contributed by atoms with E-state index in [9.17, 15) is 4.79 Å². The minimum Gasteiger partial charge on any atom is -0.494 e. The molecule has 0 saturated carbocycles. The normalized spacial score (nSPS) is 11.0. The molecule has 0 aliphatic heterocycles. The van der Waals surface area contributed by atoms with E-state index < -0.39 is 0 Å². The molecule has 0 unspecified atom stereocenters. The minimum atomic E-state index is -0.0350. The van der Waals surface area contributed by atoms with Gasteiger partial charge in [-0.2, -0.15) is 0 Å². The van der Waals surface area contributed by atoms with Crippen molar-refractivity contribution >= 4 is 11.9 Å². The lowest BCUT2D eigenvalue weighted by atomic mass is 10.2. The first kappa shape index (κ1) is 18.8. The highest BCUT2D eigenvalue weighted by atomic mass is 16.5. The van der Waals surface area contributed by atoms with Gasteiger partial charge in [0.2, 0.25) is 5.91 Å². The Bertz CT molecular complexity index is 503. The first-order valence-corrected chi connectivity index (χ1v) is 8.20. The Kier molecular flexibility index (Phi) is 9.28. The molecule has 0 aliphatic carbocycles. The highest BCUT2D eigenvalue weighted by molar-refractivity contribution is 5.86. The number of aliphatic imine (C=N–C) groups is 1. The molecule has 0 bridgehead atoms. The van der Waals surface area contributed by atoms with Crippen molar-refractivity contribution in [1.82, 2.24) is 16.0 Å². The van der Waals surface area contributed by atoms with Gasteiger partial charge >= 0.3 is 0 Å². The molecule has 6 nitrogen and oxygen atoms in total. The van der Waals surface area contributed by atoms with Gasteiger partial charge in [-0.3, -0.25) is 4.79 Å². The number of hydrogen-bond acceptors (Lipinski definition) is 3. The van der Waals surface area contributed by atoms with Gasteiger partial charge in [-0.05, 0) is 26.3 Å². The molecule has 1 aromatic rings. The average molecular weight is 320 g/mol. The number of nitrogens with one attached hydrogen (secondary N) is 3. The number of carbonyl (C=O) groups is 1. The summed E-state index contributed by atoms with van der Waals surface area (Å²) in [5, 5.41) is 9.00. The fourth-order valence-corrected chi connectivity index (χ4v) is 1.93. The number of nitrogens with zero attached hydrogens (tertiary/aromatic N) is 1. The Hall–Kier alpha value is -2.24. The van der Waals surface area contributed by atoms with Crippen molar-refractivity contribution in [1.29, 1.82) is 0 Å². The van der Waals surface area contributed by atoms with Crippen LogP contribution in [0.4, 0.5) is 0 Å². The van der Waals surface area contributed by atoms with E-state index in [0.717, 1.165) is 24.3 Å². The van der Waals surface area contributed by atoms with Crippen molar-refractivity contribution in [3.05, 3.63) is 29.8 Å². The van der Waals surface area contributed by atoms with E-state index in [4.69, 9.17) is 4.74 Å². The lowest BCUT2D eigenvalue weighted by molar-refractivity contribution is -0.120. The Labute approximate surface area is 138 Å². The maximum atomic E-state index is 11.6. The summed E-state index contributed by atoms with van der Waals surface area (Å²) < 4.78 is 5.60. The Morgan fingerprint density at radius 3 is 2.61 bits per heavy atom. The highest BCUT2D eigenvalue weighted by Gasteiger charge is 2.05. The maximum Gasteiger partial charge on any atom is 0.239 e. The number of benzene rings is 1. The van der Waals surface area contributed by atoms with Crippen molar-refractivity contribution < 1.29 is 9.53 Å². The van der Waals surface area contributed by atoms with Crippen LogP contribution in [-0.2, 0) is 11.3 Å². The fraction of sp³-hybridized carbons (Fsp3) is 0.529. The second-order valence-corrected chi connectivity index (χ2v) is 4.94. The molecule has 6 heteroatoms. The number of para-hydroxylation sites is 1. The van der Waals surface area contributed by atoms with Crippen LogP contribution in [0, 0.1) is 0 Å². The van der Waals surface area contributed by atoms with Crippen LogP contribution >= 0.6 is 0 Å². The zero-order chi connectivity index (χ0) is 16.9. The summed E-state index contributed by atoms with van der Waals surface area (Å²) in [4.78, 5) is 16.2. The fourth-order valence-electron chi connectivity index (χ4n) is 1.93. The van der Waals surface area contributed by atoms with E-state index >= 15 is 0 Å². The van der Waals surface area contributed by atoms with Crippen molar-refractivity contribution in [3.8, 4) is 5.75 Å². The van der Waals surface area contributed by atoms with Crippen LogP contribution in [0.3, 0.4) is 0 Å². The zero-order valence-electron chi connectivity index (χ0n) is 14.3. The number of ether oxygens (including phenoxy) is 1. The summed E-state index contributed by atoms with van der Waals surface area (Å²) >= 11 is 0. The van der Waals surface area contributed by atoms with E-state index in [2.05, 4.69) is 20.9 Å². The van der Waals surface area contributed by atoms with Crippen LogP contribution < -0.4 is 20.7 Å². The molecular weight excluding hydrogens is 292 g/mol.